The Balaban J connectivity index is 1.60. The SMILES string of the molecule is O=C(NC(=S)N[C@@]1(c2ccccc2F)CC(OCc2ccccc2)CC[C@H]1CO)c1ccccc1. The first-order chi connectivity index (χ1) is 17.0. The van der Waals surface area contributed by atoms with E-state index in [1.165, 1.54) is 6.07 Å². The molecule has 1 saturated carbocycles. The highest BCUT2D eigenvalue weighted by atomic mass is 32.1. The fraction of sp³-hybridized carbons (Fsp3) is 0.286. The average molecular weight is 493 g/mol. The molecule has 1 fully saturated rings. The van der Waals surface area contributed by atoms with Gasteiger partial charge in [0.15, 0.2) is 5.11 Å². The Morgan fingerprint density at radius 1 is 1.00 bits per heavy atom. The minimum Gasteiger partial charge on any atom is -0.396 e. The molecule has 182 valence electrons. The van der Waals surface area contributed by atoms with E-state index < -0.39 is 11.4 Å². The van der Waals surface area contributed by atoms with Crippen molar-refractivity contribution in [3.8, 4) is 0 Å². The predicted octanol–water partition coefficient (Wildman–Crippen LogP) is 4.70. The number of carbonyl (C=O) groups excluding carboxylic acids is 1. The van der Waals surface area contributed by atoms with E-state index >= 15 is 4.39 Å². The maximum Gasteiger partial charge on any atom is 0.257 e. The van der Waals surface area contributed by atoms with Crippen LogP contribution in [0.5, 0.6) is 0 Å². The highest BCUT2D eigenvalue weighted by molar-refractivity contribution is 7.80. The summed E-state index contributed by atoms with van der Waals surface area (Å²) >= 11 is 5.52. The molecule has 0 heterocycles. The number of hydrogen-bond acceptors (Lipinski definition) is 4. The lowest BCUT2D eigenvalue weighted by Gasteiger charge is -2.47. The maximum atomic E-state index is 15.2. The summed E-state index contributed by atoms with van der Waals surface area (Å²) in [4.78, 5) is 12.7. The van der Waals surface area contributed by atoms with Gasteiger partial charge in [-0.25, -0.2) is 4.39 Å². The Morgan fingerprint density at radius 3 is 2.34 bits per heavy atom. The van der Waals surface area contributed by atoms with Crippen LogP contribution in [0.1, 0.15) is 40.7 Å². The maximum absolute atomic E-state index is 15.2. The lowest BCUT2D eigenvalue weighted by Crippen LogP contribution is -2.59. The van der Waals surface area contributed by atoms with Crippen molar-refractivity contribution in [1.82, 2.24) is 10.6 Å². The third kappa shape index (κ3) is 5.93. The van der Waals surface area contributed by atoms with Crippen molar-refractivity contribution in [2.24, 2.45) is 5.92 Å². The summed E-state index contributed by atoms with van der Waals surface area (Å²) in [6.45, 7) is 0.264. The fourth-order valence-corrected chi connectivity index (χ4v) is 5.09. The molecule has 1 aliphatic rings. The Hall–Kier alpha value is -3.13. The van der Waals surface area contributed by atoms with Gasteiger partial charge in [0, 0.05) is 30.1 Å². The largest absolute Gasteiger partial charge is 0.396 e. The molecule has 1 aliphatic carbocycles. The first-order valence-electron chi connectivity index (χ1n) is 11.7. The molecule has 35 heavy (non-hydrogen) atoms. The number of carbonyl (C=O) groups is 1. The van der Waals surface area contributed by atoms with E-state index in [2.05, 4.69) is 10.6 Å². The molecule has 0 spiro atoms. The second kappa shape index (κ2) is 11.5. The predicted molar refractivity (Wildman–Crippen MR) is 137 cm³/mol. The Labute approximate surface area is 210 Å². The minimum absolute atomic E-state index is 0.0734. The van der Waals surface area contributed by atoms with Crippen LogP contribution in [0.2, 0.25) is 0 Å². The number of aliphatic hydroxyl groups excluding tert-OH is 1. The van der Waals surface area contributed by atoms with Crippen LogP contribution in [-0.4, -0.2) is 28.8 Å². The van der Waals surface area contributed by atoms with Gasteiger partial charge in [-0.2, -0.15) is 0 Å². The van der Waals surface area contributed by atoms with E-state index in [0.717, 1.165) is 12.0 Å². The van der Waals surface area contributed by atoms with E-state index in [1.54, 1.807) is 42.5 Å². The van der Waals surface area contributed by atoms with Gasteiger partial charge in [0.2, 0.25) is 0 Å². The number of hydrogen-bond donors (Lipinski definition) is 3. The molecule has 1 unspecified atom stereocenters. The third-order valence-corrected chi connectivity index (χ3v) is 6.79. The van der Waals surface area contributed by atoms with Crippen molar-refractivity contribution in [2.45, 2.75) is 37.5 Å². The van der Waals surface area contributed by atoms with Gasteiger partial charge in [-0.05, 0) is 48.8 Å². The van der Waals surface area contributed by atoms with Crippen LogP contribution in [0.15, 0.2) is 84.9 Å². The molecule has 0 aromatic heterocycles. The fourth-order valence-electron chi connectivity index (χ4n) is 4.81. The highest BCUT2D eigenvalue weighted by Gasteiger charge is 2.47. The zero-order valence-corrected chi connectivity index (χ0v) is 20.1. The highest BCUT2D eigenvalue weighted by Crippen LogP contribution is 2.43. The molecular weight excluding hydrogens is 463 g/mol. The number of aliphatic hydroxyl groups is 1. The van der Waals surface area contributed by atoms with Gasteiger partial charge in [0.05, 0.1) is 18.2 Å². The quantitative estimate of drug-likeness (QED) is 0.417. The van der Waals surface area contributed by atoms with Gasteiger partial charge < -0.3 is 15.2 Å². The summed E-state index contributed by atoms with van der Waals surface area (Å²) in [5.41, 5.74) is 0.846. The molecule has 7 heteroatoms. The van der Waals surface area contributed by atoms with Gasteiger partial charge in [-0.15, -0.1) is 0 Å². The van der Waals surface area contributed by atoms with Gasteiger partial charge in [0.25, 0.3) is 5.91 Å². The van der Waals surface area contributed by atoms with Crippen molar-refractivity contribution in [3.63, 3.8) is 0 Å². The monoisotopic (exact) mass is 492 g/mol. The van der Waals surface area contributed by atoms with Crippen molar-refractivity contribution in [2.75, 3.05) is 6.61 Å². The van der Waals surface area contributed by atoms with Crippen LogP contribution in [0.4, 0.5) is 4.39 Å². The van der Waals surface area contributed by atoms with Crippen molar-refractivity contribution in [1.29, 1.82) is 0 Å². The summed E-state index contributed by atoms with van der Waals surface area (Å²) in [6.07, 6.45) is 1.51. The number of thiocarbonyl (C=S) groups is 1. The van der Waals surface area contributed by atoms with E-state index in [9.17, 15) is 9.90 Å². The number of benzene rings is 3. The molecule has 1 amide bonds. The van der Waals surface area contributed by atoms with Gasteiger partial charge in [-0.3, -0.25) is 10.1 Å². The Morgan fingerprint density at radius 2 is 1.66 bits per heavy atom. The smallest absolute Gasteiger partial charge is 0.257 e. The van der Waals surface area contributed by atoms with Crippen molar-refractivity contribution in [3.05, 3.63) is 107 Å². The van der Waals surface area contributed by atoms with Crippen LogP contribution >= 0.6 is 12.2 Å². The first kappa shape index (κ1) is 25.0. The van der Waals surface area contributed by atoms with Crippen LogP contribution in [0, 0.1) is 11.7 Å². The number of amides is 1. The topological polar surface area (TPSA) is 70.6 Å². The van der Waals surface area contributed by atoms with Gasteiger partial charge in [0.1, 0.15) is 5.82 Å². The molecule has 3 aromatic carbocycles. The van der Waals surface area contributed by atoms with Gasteiger partial charge >= 0.3 is 0 Å². The molecule has 0 aliphatic heterocycles. The second-order valence-electron chi connectivity index (χ2n) is 8.81. The van der Waals surface area contributed by atoms with E-state index in [1.807, 2.05) is 36.4 Å². The average Bonchev–Trinajstić information content (AvgIpc) is 2.88. The molecule has 4 rings (SSSR count). The molecule has 5 nitrogen and oxygen atoms in total. The van der Waals surface area contributed by atoms with Crippen LogP contribution in [-0.2, 0) is 16.9 Å². The summed E-state index contributed by atoms with van der Waals surface area (Å²) in [6, 6.07) is 25.1. The van der Waals surface area contributed by atoms with Crippen molar-refractivity contribution < 1.29 is 19.0 Å². The molecule has 0 radical (unpaired) electrons. The standard InChI is InChI=1S/C28H29FN2O3S/c29-25-14-8-7-13-24(25)28(31-27(35)30-26(33)21-11-5-2-6-12-21)17-23(16-15-22(28)18-32)34-19-20-9-3-1-4-10-20/h1-14,22-23,32H,15-19H2,(H2,30,31,33,35)/t22-,23?,28-/m0/s1. The molecular formula is C28H29FN2O3S. The van der Waals surface area contributed by atoms with Gasteiger partial charge in [-0.1, -0.05) is 66.7 Å². The minimum atomic E-state index is -1.05. The van der Waals surface area contributed by atoms with Crippen LogP contribution < -0.4 is 10.6 Å². The Kier molecular flexibility index (Phi) is 8.23. The van der Waals surface area contributed by atoms with E-state index in [0.29, 0.717) is 30.6 Å². The summed E-state index contributed by atoms with van der Waals surface area (Å²) < 4.78 is 21.4. The Bertz CT molecular complexity index is 1150. The normalized spacial score (nSPS) is 21.8. The molecule has 0 bridgehead atoms. The summed E-state index contributed by atoms with van der Waals surface area (Å²) in [7, 11) is 0. The number of ether oxygens (including phenoxy) is 1. The molecule has 0 saturated heterocycles. The number of halogens is 1. The first-order valence-corrected chi connectivity index (χ1v) is 12.1. The summed E-state index contributed by atoms with van der Waals surface area (Å²) in [5.74, 6) is -1.10. The second-order valence-corrected chi connectivity index (χ2v) is 9.21. The summed E-state index contributed by atoms with van der Waals surface area (Å²) in [5, 5.41) is 16.3. The van der Waals surface area contributed by atoms with Crippen LogP contribution in [0.25, 0.3) is 0 Å². The molecule has 3 N–H and O–H groups in total. The lowest BCUT2D eigenvalue weighted by atomic mass is 9.68. The lowest BCUT2D eigenvalue weighted by molar-refractivity contribution is -0.0397. The van der Waals surface area contributed by atoms with Crippen LogP contribution in [0.3, 0.4) is 0 Å². The van der Waals surface area contributed by atoms with E-state index in [-0.39, 0.29) is 29.6 Å². The molecule has 3 aromatic rings. The zero-order chi connectivity index (χ0) is 24.7. The zero-order valence-electron chi connectivity index (χ0n) is 19.3. The number of rotatable bonds is 7. The van der Waals surface area contributed by atoms with E-state index in [4.69, 9.17) is 17.0 Å². The third-order valence-electron chi connectivity index (χ3n) is 6.59. The number of nitrogens with one attached hydrogen (secondary N) is 2. The molecule has 3 atom stereocenters. The van der Waals surface area contributed by atoms with Crippen molar-refractivity contribution >= 4 is 23.2 Å².